The molecule has 0 aromatic heterocycles. The summed E-state index contributed by atoms with van der Waals surface area (Å²) in [5.74, 6) is -0.0377. The minimum atomic E-state index is -0.417. The SMILES string of the molecule is CNC(=O)CC(=O)OC1CCC(CNSC)CC1. The number of carbonyl (C=O) groups excluding carboxylic acids is 2. The molecule has 0 aromatic carbocycles. The first-order valence-corrected chi connectivity index (χ1v) is 7.54. The van der Waals surface area contributed by atoms with Crippen molar-refractivity contribution in [3.63, 3.8) is 0 Å². The maximum absolute atomic E-state index is 11.4. The molecule has 1 fully saturated rings. The van der Waals surface area contributed by atoms with E-state index in [2.05, 4.69) is 10.0 Å². The molecule has 1 saturated carbocycles. The molecular weight excluding hydrogens is 252 g/mol. The molecule has 0 aromatic rings. The number of amides is 1. The number of carbonyl (C=O) groups is 2. The Bertz CT molecular complexity index is 278. The summed E-state index contributed by atoms with van der Waals surface area (Å²) in [6.45, 7) is 1.01. The van der Waals surface area contributed by atoms with Crippen molar-refractivity contribution < 1.29 is 14.3 Å². The van der Waals surface area contributed by atoms with E-state index in [1.54, 1.807) is 11.9 Å². The lowest BCUT2D eigenvalue weighted by Gasteiger charge is -2.28. The number of rotatable bonds is 6. The van der Waals surface area contributed by atoms with E-state index in [9.17, 15) is 9.59 Å². The van der Waals surface area contributed by atoms with Crippen molar-refractivity contribution in [2.75, 3.05) is 19.8 Å². The minimum absolute atomic E-state index is 0.00677. The van der Waals surface area contributed by atoms with E-state index in [0.717, 1.165) is 32.2 Å². The van der Waals surface area contributed by atoms with E-state index in [4.69, 9.17) is 4.74 Å². The number of esters is 1. The third kappa shape index (κ3) is 5.73. The average Bonchev–Trinajstić information content (AvgIpc) is 2.37. The summed E-state index contributed by atoms with van der Waals surface area (Å²) in [5, 5.41) is 2.41. The summed E-state index contributed by atoms with van der Waals surface area (Å²) in [6, 6.07) is 0. The first-order chi connectivity index (χ1) is 8.65. The largest absolute Gasteiger partial charge is 0.462 e. The fourth-order valence-corrected chi connectivity index (χ4v) is 2.50. The van der Waals surface area contributed by atoms with Gasteiger partial charge in [-0.05, 0) is 37.9 Å². The first kappa shape index (κ1) is 15.3. The molecule has 0 radical (unpaired) electrons. The number of nitrogens with one attached hydrogen (secondary N) is 2. The van der Waals surface area contributed by atoms with Crippen LogP contribution < -0.4 is 10.0 Å². The van der Waals surface area contributed by atoms with Gasteiger partial charge in [-0.1, -0.05) is 11.9 Å². The van der Waals surface area contributed by atoms with Crippen LogP contribution in [0.1, 0.15) is 32.1 Å². The van der Waals surface area contributed by atoms with Crippen molar-refractivity contribution in [2.45, 2.75) is 38.2 Å². The van der Waals surface area contributed by atoms with Crippen molar-refractivity contribution >= 4 is 23.8 Å². The summed E-state index contributed by atoms with van der Waals surface area (Å²) in [6.07, 6.45) is 5.79. The monoisotopic (exact) mass is 274 g/mol. The third-order valence-electron chi connectivity index (χ3n) is 3.19. The highest BCUT2D eigenvalue weighted by Crippen LogP contribution is 2.26. The molecule has 104 valence electrons. The zero-order valence-electron chi connectivity index (χ0n) is 11.0. The van der Waals surface area contributed by atoms with Crippen molar-refractivity contribution in [1.29, 1.82) is 0 Å². The predicted molar refractivity (Wildman–Crippen MR) is 72.0 cm³/mol. The summed E-state index contributed by atoms with van der Waals surface area (Å²) in [4.78, 5) is 22.4. The van der Waals surface area contributed by atoms with Crippen LogP contribution in [0.2, 0.25) is 0 Å². The van der Waals surface area contributed by atoms with Crippen LogP contribution in [0.15, 0.2) is 0 Å². The highest BCUT2D eigenvalue weighted by Gasteiger charge is 2.24. The van der Waals surface area contributed by atoms with Gasteiger partial charge in [0.15, 0.2) is 0 Å². The van der Waals surface area contributed by atoms with E-state index >= 15 is 0 Å². The second-order valence-electron chi connectivity index (χ2n) is 4.54. The fourth-order valence-electron chi connectivity index (χ4n) is 2.10. The Morgan fingerprint density at radius 3 is 2.50 bits per heavy atom. The second-order valence-corrected chi connectivity index (χ2v) is 5.23. The maximum atomic E-state index is 11.4. The fraction of sp³-hybridized carbons (Fsp3) is 0.833. The molecule has 1 aliphatic rings. The molecule has 0 heterocycles. The van der Waals surface area contributed by atoms with Gasteiger partial charge in [0.05, 0.1) is 0 Å². The summed E-state index contributed by atoms with van der Waals surface area (Å²) in [5.41, 5.74) is 0. The lowest BCUT2D eigenvalue weighted by Crippen LogP contribution is -2.30. The molecule has 2 N–H and O–H groups in total. The average molecular weight is 274 g/mol. The Morgan fingerprint density at radius 1 is 1.28 bits per heavy atom. The van der Waals surface area contributed by atoms with Gasteiger partial charge in [-0.15, -0.1) is 0 Å². The standard InChI is InChI=1S/C12H22N2O3S/c1-13-11(15)7-12(16)17-10-5-3-9(4-6-10)8-14-18-2/h9-10,14H,3-8H2,1-2H3,(H,13,15). The van der Waals surface area contributed by atoms with Gasteiger partial charge in [0.25, 0.3) is 0 Å². The molecule has 0 atom stereocenters. The number of ether oxygens (including phenoxy) is 1. The molecule has 0 unspecified atom stereocenters. The zero-order valence-corrected chi connectivity index (χ0v) is 11.8. The van der Waals surface area contributed by atoms with Gasteiger partial charge in [0.1, 0.15) is 12.5 Å². The second kappa shape index (κ2) is 8.37. The molecule has 1 aliphatic carbocycles. The highest BCUT2D eigenvalue weighted by atomic mass is 32.2. The van der Waals surface area contributed by atoms with Crippen LogP contribution in [-0.2, 0) is 14.3 Å². The van der Waals surface area contributed by atoms with Crippen molar-refractivity contribution in [2.24, 2.45) is 5.92 Å². The van der Waals surface area contributed by atoms with E-state index in [-0.39, 0.29) is 18.4 Å². The quantitative estimate of drug-likeness (QED) is 0.431. The lowest BCUT2D eigenvalue weighted by atomic mass is 9.87. The van der Waals surface area contributed by atoms with Crippen molar-refractivity contribution in [1.82, 2.24) is 10.0 Å². The highest BCUT2D eigenvalue weighted by molar-refractivity contribution is 7.96. The Hall–Kier alpha value is -0.750. The maximum Gasteiger partial charge on any atom is 0.315 e. The summed E-state index contributed by atoms with van der Waals surface area (Å²) >= 11 is 1.64. The topological polar surface area (TPSA) is 67.4 Å². The summed E-state index contributed by atoms with van der Waals surface area (Å²) < 4.78 is 8.55. The molecular formula is C12H22N2O3S. The first-order valence-electron chi connectivity index (χ1n) is 6.31. The Morgan fingerprint density at radius 2 is 1.94 bits per heavy atom. The molecule has 6 heteroatoms. The van der Waals surface area contributed by atoms with Gasteiger partial charge in [0, 0.05) is 13.6 Å². The van der Waals surface area contributed by atoms with Crippen LogP contribution >= 0.6 is 11.9 Å². The van der Waals surface area contributed by atoms with Crippen molar-refractivity contribution in [3.05, 3.63) is 0 Å². The van der Waals surface area contributed by atoms with Gasteiger partial charge >= 0.3 is 5.97 Å². The van der Waals surface area contributed by atoms with E-state index in [1.807, 2.05) is 6.26 Å². The molecule has 1 rings (SSSR count). The third-order valence-corrected chi connectivity index (χ3v) is 3.65. The minimum Gasteiger partial charge on any atom is -0.462 e. The Labute approximate surface area is 113 Å². The van der Waals surface area contributed by atoms with Crippen LogP contribution in [0, 0.1) is 5.92 Å². The lowest BCUT2D eigenvalue weighted by molar-refractivity contribution is -0.152. The smallest absolute Gasteiger partial charge is 0.315 e. The van der Waals surface area contributed by atoms with E-state index < -0.39 is 5.97 Å². The molecule has 0 aliphatic heterocycles. The summed E-state index contributed by atoms with van der Waals surface area (Å²) in [7, 11) is 1.51. The molecule has 5 nitrogen and oxygen atoms in total. The molecule has 18 heavy (non-hydrogen) atoms. The molecule has 0 spiro atoms. The Balaban J connectivity index is 2.18. The van der Waals surface area contributed by atoms with E-state index in [0.29, 0.717) is 5.92 Å². The van der Waals surface area contributed by atoms with Gasteiger partial charge in [-0.3, -0.25) is 14.3 Å². The Kier molecular flexibility index (Phi) is 7.12. The van der Waals surface area contributed by atoms with Crippen LogP contribution in [0.25, 0.3) is 0 Å². The zero-order chi connectivity index (χ0) is 13.4. The van der Waals surface area contributed by atoms with Crippen LogP contribution in [0.3, 0.4) is 0 Å². The molecule has 1 amide bonds. The molecule has 0 saturated heterocycles. The van der Waals surface area contributed by atoms with Gasteiger partial charge in [-0.2, -0.15) is 0 Å². The number of hydrogen-bond donors (Lipinski definition) is 2. The van der Waals surface area contributed by atoms with Crippen LogP contribution in [-0.4, -0.2) is 37.8 Å². The van der Waals surface area contributed by atoms with E-state index in [1.165, 1.54) is 7.05 Å². The van der Waals surface area contributed by atoms with Crippen molar-refractivity contribution in [3.8, 4) is 0 Å². The van der Waals surface area contributed by atoms with Crippen LogP contribution in [0.5, 0.6) is 0 Å². The van der Waals surface area contributed by atoms with Gasteiger partial charge in [0.2, 0.25) is 5.91 Å². The van der Waals surface area contributed by atoms with Gasteiger partial charge < -0.3 is 10.1 Å². The predicted octanol–water partition coefficient (Wildman–Crippen LogP) is 1.09. The van der Waals surface area contributed by atoms with Crippen LogP contribution in [0.4, 0.5) is 0 Å². The normalized spacial score (nSPS) is 23.4. The molecule has 0 bridgehead atoms. The van der Waals surface area contributed by atoms with Gasteiger partial charge in [-0.25, -0.2) is 0 Å². The number of hydrogen-bond acceptors (Lipinski definition) is 5.